The quantitative estimate of drug-likeness (QED) is 0.611. The molecule has 0 spiro atoms. The van der Waals surface area contributed by atoms with Gasteiger partial charge in [-0.1, -0.05) is 6.07 Å². The van der Waals surface area contributed by atoms with Crippen molar-refractivity contribution >= 4 is 11.7 Å². The van der Waals surface area contributed by atoms with E-state index in [9.17, 15) is 0 Å². The van der Waals surface area contributed by atoms with Crippen LogP contribution in [0, 0.1) is 11.3 Å². The molecule has 62 valence electrons. The maximum atomic E-state index is 8.33. The third-order valence-electron chi connectivity index (χ3n) is 1.71. The number of nitriles is 1. The average molecular weight is 169 g/mol. The molecule has 0 amide bonds. The van der Waals surface area contributed by atoms with Crippen LogP contribution in [0.15, 0.2) is 36.7 Å². The third-order valence-corrected chi connectivity index (χ3v) is 1.71. The lowest BCUT2D eigenvalue weighted by Crippen LogP contribution is -1.77. The van der Waals surface area contributed by atoms with Crippen LogP contribution < -0.4 is 0 Å². The minimum absolute atomic E-state index is 0.799. The first-order valence-electron chi connectivity index (χ1n) is 3.90. The van der Waals surface area contributed by atoms with Crippen molar-refractivity contribution in [1.29, 1.82) is 5.26 Å². The van der Waals surface area contributed by atoms with Gasteiger partial charge in [-0.25, -0.2) is 4.98 Å². The highest BCUT2D eigenvalue weighted by Crippen LogP contribution is 2.05. The number of nitrogens with zero attached hydrogens (tertiary/aromatic N) is 3. The first-order valence-corrected chi connectivity index (χ1v) is 3.90. The summed E-state index contributed by atoms with van der Waals surface area (Å²) in [6.45, 7) is 0. The predicted octanol–water partition coefficient (Wildman–Crippen LogP) is 1.87. The highest BCUT2D eigenvalue weighted by atomic mass is 15.0. The normalized spacial score (nSPS) is 10.7. The van der Waals surface area contributed by atoms with Crippen LogP contribution in [-0.4, -0.2) is 9.38 Å². The zero-order valence-electron chi connectivity index (χ0n) is 6.88. The Kier molecular flexibility index (Phi) is 1.81. The molecule has 2 heterocycles. The standard InChI is InChI=1S/C10H7N3/c11-6-3-4-9-8-13-7-2-1-5-10(13)12-9/h1-5,7-8H. The smallest absolute Gasteiger partial charge is 0.137 e. The molecule has 2 aromatic heterocycles. The topological polar surface area (TPSA) is 41.1 Å². The maximum absolute atomic E-state index is 8.33. The molecule has 0 saturated heterocycles. The Bertz CT molecular complexity index is 455. The van der Waals surface area contributed by atoms with Crippen molar-refractivity contribution in [3.05, 3.63) is 42.4 Å². The number of pyridine rings is 1. The van der Waals surface area contributed by atoms with Gasteiger partial charge in [-0.3, -0.25) is 0 Å². The summed E-state index contributed by atoms with van der Waals surface area (Å²) in [5, 5.41) is 8.33. The van der Waals surface area contributed by atoms with E-state index in [2.05, 4.69) is 4.98 Å². The molecule has 0 aliphatic rings. The zero-order valence-corrected chi connectivity index (χ0v) is 6.88. The number of rotatable bonds is 1. The van der Waals surface area contributed by atoms with Gasteiger partial charge in [-0.05, 0) is 18.2 Å². The van der Waals surface area contributed by atoms with Crippen molar-refractivity contribution in [2.75, 3.05) is 0 Å². The lowest BCUT2D eigenvalue weighted by molar-refractivity contribution is 1.19. The van der Waals surface area contributed by atoms with Crippen LogP contribution in [-0.2, 0) is 0 Å². The summed E-state index contributed by atoms with van der Waals surface area (Å²) >= 11 is 0. The van der Waals surface area contributed by atoms with E-state index in [-0.39, 0.29) is 0 Å². The van der Waals surface area contributed by atoms with Crippen molar-refractivity contribution in [2.24, 2.45) is 0 Å². The molecule has 0 radical (unpaired) electrons. The van der Waals surface area contributed by atoms with Gasteiger partial charge in [-0.2, -0.15) is 5.26 Å². The van der Waals surface area contributed by atoms with Crippen LogP contribution in [0.5, 0.6) is 0 Å². The van der Waals surface area contributed by atoms with Crippen molar-refractivity contribution in [3.63, 3.8) is 0 Å². The predicted molar refractivity (Wildman–Crippen MR) is 49.8 cm³/mol. The largest absolute Gasteiger partial charge is 0.306 e. The minimum atomic E-state index is 0.799. The fraction of sp³-hybridized carbons (Fsp3) is 0. The van der Waals surface area contributed by atoms with E-state index >= 15 is 0 Å². The molecule has 0 aliphatic carbocycles. The lowest BCUT2D eigenvalue weighted by Gasteiger charge is -1.86. The Labute approximate surface area is 75.6 Å². The molecule has 13 heavy (non-hydrogen) atoms. The number of hydrogen-bond acceptors (Lipinski definition) is 2. The second kappa shape index (κ2) is 3.11. The minimum Gasteiger partial charge on any atom is -0.306 e. The van der Waals surface area contributed by atoms with Crippen molar-refractivity contribution < 1.29 is 0 Å². The number of imidazole rings is 1. The Hall–Kier alpha value is -2.08. The highest BCUT2D eigenvalue weighted by Gasteiger charge is 1.95. The zero-order chi connectivity index (χ0) is 9.10. The van der Waals surface area contributed by atoms with Gasteiger partial charge >= 0.3 is 0 Å². The van der Waals surface area contributed by atoms with E-state index in [0.29, 0.717) is 0 Å². The summed E-state index contributed by atoms with van der Waals surface area (Å²) in [5.74, 6) is 0. The van der Waals surface area contributed by atoms with E-state index in [1.807, 2.05) is 41.1 Å². The molecule has 3 heteroatoms. The van der Waals surface area contributed by atoms with Crippen LogP contribution >= 0.6 is 0 Å². The third kappa shape index (κ3) is 1.42. The number of allylic oxidation sites excluding steroid dienone is 1. The van der Waals surface area contributed by atoms with Crippen LogP contribution in [0.2, 0.25) is 0 Å². The van der Waals surface area contributed by atoms with Crippen molar-refractivity contribution in [2.45, 2.75) is 0 Å². The van der Waals surface area contributed by atoms with Gasteiger partial charge in [0.15, 0.2) is 0 Å². The van der Waals surface area contributed by atoms with Gasteiger partial charge in [0.05, 0.1) is 11.8 Å². The number of aromatic nitrogens is 2. The molecular formula is C10H7N3. The second-order valence-corrected chi connectivity index (χ2v) is 2.59. The fourth-order valence-corrected chi connectivity index (χ4v) is 1.16. The Morgan fingerprint density at radius 3 is 3.15 bits per heavy atom. The summed E-state index contributed by atoms with van der Waals surface area (Å²) in [4.78, 5) is 4.28. The Morgan fingerprint density at radius 2 is 2.38 bits per heavy atom. The maximum Gasteiger partial charge on any atom is 0.137 e. The SMILES string of the molecule is N#CC=Cc1cn2ccccc2n1. The molecule has 2 aromatic rings. The molecule has 2 rings (SSSR count). The molecule has 0 aromatic carbocycles. The molecule has 0 fully saturated rings. The summed E-state index contributed by atoms with van der Waals surface area (Å²) in [5.41, 5.74) is 1.69. The summed E-state index contributed by atoms with van der Waals surface area (Å²) < 4.78 is 1.91. The summed E-state index contributed by atoms with van der Waals surface area (Å²) in [6.07, 6.45) is 6.91. The number of hydrogen-bond donors (Lipinski definition) is 0. The Morgan fingerprint density at radius 1 is 1.46 bits per heavy atom. The van der Waals surface area contributed by atoms with Gasteiger partial charge in [-0.15, -0.1) is 0 Å². The van der Waals surface area contributed by atoms with Crippen molar-refractivity contribution in [3.8, 4) is 6.07 Å². The molecule has 0 unspecified atom stereocenters. The van der Waals surface area contributed by atoms with E-state index in [1.165, 1.54) is 6.08 Å². The monoisotopic (exact) mass is 169 g/mol. The molecule has 0 aliphatic heterocycles. The molecule has 3 nitrogen and oxygen atoms in total. The van der Waals surface area contributed by atoms with Gasteiger partial charge in [0.25, 0.3) is 0 Å². The molecule has 0 N–H and O–H groups in total. The second-order valence-electron chi connectivity index (χ2n) is 2.59. The van der Waals surface area contributed by atoms with E-state index in [1.54, 1.807) is 6.08 Å². The van der Waals surface area contributed by atoms with Crippen molar-refractivity contribution in [1.82, 2.24) is 9.38 Å². The van der Waals surface area contributed by atoms with E-state index in [0.717, 1.165) is 11.3 Å². The lowest BCUT2D eigenvalue weighted by atomic mass is 10.4. The van der Waals surface area contributed by atoms with Crippen LogP contribution in [0.4, 0.5) is 0 Å². The number of fused-ring (bicyclic) bond motifs is 1. The Balaban J connectivity index is 2.51. The van der Waals surface area contributed by atoms with Gasteiger partial charge in [0.2, 0.25) is 0 Å². The van der Waals surface area contributed by atoms with E-state index < -0.39 is 0 Å². The van der Waals surface area contributed by atoms with Gasteiger partial charge < -0.3 is 4.40 Å². The van der Waals surface area contributed by atoms with Crippen LogP contribution in [0.1, 0.15) is 5.69 Å². The average Bonchev–Trinajstić information content (AvgIpc) is 2.57. The highest BCUT2D eigenvalue weighted by molar-refractivity contribution is 5.52. The summed E-state index contributed by atoms with van der Waals surface area (Å²) in [6, 6.07) is 7.72. The summed E-state index contributed by atoms with van der Waals surface area (Å²) in [7, 11) is 0. The first kappa shape index (κ1) is 7.56. The molecule has 0 atom stereocenters. The first-order chi connectivity index (χ1) is 6.40. The molecular weight excluding hydrogens is 162 g/mol. The fourth-order valence-electron chi connectivity index (χ4n) is 1.16. The van der Waals surface area contributed by atoms with Crippen LogP contribution in [0.3, 0.4) is 0 Å². The molecule has 0 saturated carbocycles. The van der Waals surface area contributed by atoms with Crippen LogP contribution in [0.25, 0.3) is 11.7 Å². The van der Waals surface area contributed by atoms with Gasteiger partial charge in [0.1, 0.15) is 5.65 Å². The van der Waals surface area contributed by atoms with Gasteiger partial charge in [0, 0.05) is 18.5 Å². The molecule has 0 bridgehead atoms. The van der Waals surface area contributed by atoms with E-state index in [4.69, 9.17) is 5.26 Å².